The zero-order chi connectivity index (χ0) is 15.1. The highest BCUT2D eigenvalue weighted by Gasteiger charge is 2.23. The number of nitrogens with zero attached hydrogens (tertiary/aromatic N) is 1. The lowest BCUT2D eigenvalue weighted by molar-refractivity contribution is 0.505. The summed E-state index contributed by atoms with van der Waals surface area (Å²) in [7, 11) is 0. The van der Waals surface area contributed by atoms with Crippen LogP contribution in [0.3, 0.4) is 0 Å². The summed E-state index contributed by atoms with van der Waals surface area (Å²) in [5.41, 5.74) is 6.53. The van der Waals surface area contributed by atoms with E-state index in [0.717, 1.165) is 36.1 Å². The van der Waals surface area contributed by atoms with Gasteiger partial charge in [0.15, 0.2) is 0 Å². The van der Waals surface area contributed by atoms with Gasteiger partial charge in [-0.3, -0.25) is 14.3 Å². The summed E-state index contributed by atoms with van der Waals surface area (Å²) in [6, 6.07) is -0.171. The molecule has 0 saturated heterocycles. The zero-order valence-electron chi connectivity index (χ0n) is 12.4. The van der Waals surface area contributed by atoms with Gasteiger partial charge in [0.05, 0.1) is 5.39 Å². The van der Waals surface area contributed by atoms with E-state index in [2.05, 4.69) is 11.9 Å². The van der Waals surface area contributed by atoms with Crippen LogP contribution in [0.25, 0.3) is 10.2 Å². The Bertz CT molecular complexity index is 787. The third-order valence-electron chi connectivity index (χ3n) is 4.38. The lowest BCUT2D eigenvalue weighted by Gasteiger charge is -2.17. The molecule has 21 heavy (non-hydrogen) atoms. The van der Waals surface area contributed by atoms with Gasteiger partial charge < -0.3 is 5.73 Å². The first-order valence-electron chi connectivity index (χ1n) is 7.54. The van der Waals surface area contributed by atoms with Gasteiger partial charge in [0.1, 0.15) is 4.83 Å². The van der Waals surface area contributed by atoms with Crippen LogP contribution in [0, 0.1) is 5.92 Å². The molecule has 6 heteroatoms. The fourth-order valence-electron chi connectivity index (χ4n) is 2.99. The molecule has 0 fully saturated rings. The van der Waals surface area contributed by atoms with Crippen molar-refractivity contribution in [1.82, 2.24) is 9.55 Å². The number of rotatable bonds is 3. The SMILES string of the molecule is CCC(N)Cn1c(=O)[nH]c2sc3c(c2c1=O)CCC(C)C3. The van der Waals surface area contributed by atoms with E-state index in [1.54, 1.807) is 11.3 Å². The van der Waals surface area contributed by atoms with Gasteiger partial charge in [-0.25, -0.2) is 4.79 Å². The Morgan fingerprint density at radius 2 is 2.24 bits per heavy atom. The van der Waals surface area contributed by atoms with Crippen LogP contribution in [0.4, 0.5) is 0 Å². The van der Waals surface area contributed by atoms with Gasteiger partial charge in [0.25, 0.3) is 5.56 Å². The van der Waals surface area contributed by atoms with Crippen LogP contribution in [-0.2, 0) is 19.4 Å². The number of hydrogen-bond acceptors (Lipinski definition) is 4. The molecule has 0 bridgehead atoms. The van der Waals surface area contributed by atoms with Crippen molar-refractivity contribution in [2.75, 3.05) is 0 Å². The van der Waals surface area contributed by atoms with Gasteiger partial charge in [-0.05, 0) is 37.2 Å². The molecule has 3 N–H and O–H groups in total. The fourth-order valence-corrected chi connectivity index (χ4v) is 4.38. The van der Waals surface area contributed by atoms with Gasteiger partial charge in [-0.15, -0.1) is 11.3 Å². The predicted octanol–water partition coefficient (Wildman–Crippen LogP) is 1.61. The first-order chi connectivity index (χ1) is 10.0. The molecule has 0 spiro atoms. The zero-order valence-corrected chi connectivity index (χ0v) is 13.3. The largest absolute Gasteiger partial charge is 0.329 e. The summed E-state index contributed by atoms with van der Waals surface area (Å²) >= 11 is 1.57. The third-order valence-corrected chi connectivity index (χ3v) is 5.55. The summed E-state index contributed by atoms with van der Waals surface area (Å²) in [4.78, 5) is 29.7. The van der Waals surface area contributed by atoms with E-state index < -0.39 is 0 Å². The molecule has 2 atom stereocenters. The maximum absolute atomic E-state index is 12.7. The van der Waals surface area contributed by atoms with Crippen molar-refractivity contribution in [3.8, 4) is 0 Å². The molecule has 0 aliphatic heterocycles. The third kappa shape index (κ3) is 2.46. The molecule has 0 saturated carbocycles. The van der Waals surface area contributed by atoms with Gasteiger partial charge in [-0.1, -0.05) is 13.8 Å². The smallest absolute Gasteiger partial charge is 0.326 e. The van der Waals surface area contributed by atoms with E-state index in [1.807, 2.05) is 6.92 Å². The van der Waals surface area contributed by atoms with E-state index in [4.69, 9.17) is 5.73 Å². The standard InChI is InChI=1S/C15H21N3O2S/c1-3-9(16)7-18-14(19)12-10-5-4-8(2)6-11(10)21-13(12)17-15(18)20/h8-9H,3-7,16H2,1-2H3,(H,17,20). The number of nitrogens with two attached hydrogens (primary N) is 1. The van der Waals surface area contributed by atoms with Crippen LogP contribution in [0.2, 0.25) is 0 Å². The Labute approximate surface area is 126 Å². The van der Waals surface area contributed by atoms with Crippen molar-refractivity contribution >= 4 is 21.6 Å². The Kier molecular flexibility index (Phi) is 3.75. The van der Waals surface area contributed by atoms with Crippen LogP contribution in [0.5, 0.6) is 0 Å². The number of aryl methyl sites for hydroxylation is 1. The van der Waals surface area contributed by atoms with Crippen LogP contribution in [-0.4, -0.2) is 15.6 Å². The molecule has 2 aromatic rings. The van der Waals surface area contributed by atoms with Crippen LogP contribution in [0.15, 0.2) is 9.59 Å². The average molecular weight is 307 g/mol. The number of fused-ring (bicyclic) bond motifs is 3. The van der Waals surface area contributed by atoms with Gasteiger partial charge >= 0.3 is 5.69 Å². The fraction of sp³-hybridized carbons (Fsp3) is 0.600. The van der Waals surface area contributed by atoms with Crippen molar-refractivity contribution in [2.24, 2.45) is 11.7 Å². The maximum Gasteiger partial charge on any atom is 0.329 e. The summed E-state index contributed by atoms with van der Waals surface area (Å²) in [6.07, 6.45) is 3.78. The molecule has 114 valence electrons. The van der Waals surface area contributed by atoms with Gasteiger partial charge in [0.2, 0.25) is 0 Å². The van der Waals surface area contributed by atoms with Crippen LogP contribution < -0.4 is 17.0 Å². The molecule has 0 aromatic carbocycles. The molecule has 2 aromatic heterocycles. The van der Waals surface area contributed by atoms with Gasteiger partial charge in [-0.2, -0.15) is 0 Å². The number of nitrogens with one attached hydrogen (secondary N) is 1. The highest BCUT2D eigenvalue weighted by molar-refractivity contribution is 7.18. The van der Waals surface area contributed by atoms with Crippen LogP contribution >= 0.6 is 11.3 Å². The quantitative estimate of drug-likeness (QED) is 0.904. The lowest BCUT2D eigenvalue weighted by Crippen LogP contribution is -2.40. The second-order valence-corrected chi connectivity index (χ2v) is 7.18. The highest BCUT2D eigenvalue weighted by atomic mass is 32.1. The topological polar surface area (TPSA) is 80.9 Å². The molecule has 0 radical (unpaired) electrons. The van der Waals surface area contributed by atoms with Crippen molar-refractivity contribution in [3.05, 3.63) is 31.3 Å². The van der Waals surface area contributed by atoms with E-state index >= 15 is 0 Å². The van der Waals surface area contributed by atoms with E-state index in [1.165, 1.54) is 9.44 Å². The molecule has 2 unspecified atom stereocenters. The Balaban J connectivity index is 2.20. The minimum Gasteiger partial charge on any atom is -0.326 e. The minimum atomic E-state index is -0.344. The van der Waals surface area contributed by atoms with Crippen LogP contribution in [0.1, 0.15) is 37.1 Å². The molecule has 5 nitrogen and oxygen atoms in total. The van der Waals surface area contributed by atoms with E-state index in [0.29, 0.717) is 11.3 Å². The number of aromatic amines is 1. The molecular weight excluding hydrogens is 286 g/mol. The maximum atomic E-state index is 12.7. The highest BCUT2D eigenvalue weighted by Crippen LogP contribution is 2.35. The summed E-state index contributed by atoms with van der Waals surface area (Å²) < 4.78 is 1.27. The first-order valence-corrected chi connectivity index (χ1v) is 8.35. The molecule has 2 heterocycles. The van der Waals surface area contributed by atoms with Crippen molar-refractivity contribution in [3.63, 3.8) is 0 Å². The average Bonchev–Trinajstić information content (AvgIpc) is 2.79. The molecule has 3 rings (SSSR count). The Morgan fingerprint density at radius 1 is 1.48 bits per heavy atom. The van der Waals surface area contributed by atoms with Crippen molar-refractivity contribution < 1.29 is 0 Å². The molecule has 0 amide bonds. The second-order valence-electron chi connectivity index (χ2n) is 6.07. The monoisotopic (exact) mass is 307 g/mol. The lowest BCUT2D eigenvalue weighted by atomic mass is 9.89. The van der Waals surface area contributed by atoms with Crippen molar-refractivity contribution in [2.45, 2.75) is 52.1 Å². The summed E-state index contributed by atoms with van der Waals surface area (Å²) in [5.74, 6) is 0.646. The number of H-pyrrole nitrogens is 1. The van der Waals surface area contributed by atoms with Gasteiger partial charge in [0, 0.05) is 17.5 Å². The Morgan fingerprint density at radius 3 is 2.95 bits per heavy atom. The summed E-state index contributed by atoms with van der Waals surface area (Å²) in [5, 5.41) is 0.713. The minimum absolute atomic E-state index is 0.171. The molecule has 1 aliphatic carbocycles. The van der Waals surface area contributed by atoms with E-state index in [9.17, 15) is 9.59 Å². The summed E-state index contributed by atoms with van der Waals surface area (Å²) in [6.45, 7) is 4.46. The van der Waals surface area contributed by atoms with Crippen molar-refractivity contribution in [1.29, 1.82) is 0 Å². The first kappa shape index (κ1) is 14.5. The normalized spacial score (nSPS) is 19.7. The Hall–Kier alpha value is -1.40. The number of thiophene rings is 1. The number of aromatic nitrogens is 2. The molecular formula is C15H21N3O2S. The number of hydrogen-bond donors (Lipinski definition) is 2. The second kappa shape index (κ2) is 5.42. The predicted molar refractivity (Wildman–Crippen MR) is 86.2 cm³/mol. The molecule has 1 aliphatic rings. The van der Waals surface area contributed by atoms with E-state index in [-0.39, 0.29) is 23.8 Å².